The van der Waals surface area contributed by atoms with Gasteiger partial charge in [-0.15, -0.1) is 0 Å². The lowest BCUT2D eigenvalue weighted by Crippen LogP contribution is -2.58. The van der Waals surface area contributed by atoms with E-state index in [2.05, 4.69) is 41.1 Å². The molecule has 0 saturated carbocycles. The van der Waals surface area contributed by atoms with E-state index in [1.165, 1.54) is 16.7 Å². The molecule has 0 spiro atoms. The van der Waals surface area contributed by atoms with Gasteiger partial charge in [-0.05, 0) is 63.1 Å². The number of rotatable bonds is 5. The summed E-state index contributed by atoms with van der Waals surface area (Å²) in [6, 6.07) is 4.54. The van der Waals surface area contributed by atoms with Crippen LogP contribution in [0.2, 0.25) is 0 Å². The lowest BCUT2D eigenvalue weighted by molar-refractivity contribution is -0.150. The zero-order valence-electron chi connectivity index (χ0n) is 20.9. The normalized spacial score (nSPS) is 29.0. The Labute approximate surface area is 202 Å². The zero-order chi connectivity index (χ0) is 24.6. The molecule has 5 atom stereocenters. The number of ether oxygens (including phenoxy) is 1. The van der Waals surface area contributed by atoms with Crippen LogP contribution in [0, 0.1) is 12.3 Å². The molecule has 2 heterocycles. The topological polar surface area (TPSA) is 99.8 Å². The molecule has 8 nitrogen and oxygen atoms in total. The Balaban J connectivity index is 1.56. The summed E-state index contributed by atoms with van der Waals surface area (Å²) in [6.07, 6.45) is 3.40. The average Bonchev–Trinajstić information content (AvgIpc) is 2.98. The van der Waals surface area contributed by atoms with Gasteiger partial charge in [-0.3, -0.25) is 14.4 Å². The minimum absolute atomic E-state index is 0.0679. The lowest BCUT2D eigenvalue weighted by atomic mass is 9.82. The van der Waals surface area contributed by atoms with E-state index in [0.717, 1.165) is 19.3 Å². The molecule has 2 aliphatic heterocycles. The monoisotopic (exact) mass is 470 g/mol. The average molecular weight is 471 g/mol. The summed E-state index contributed by atoms with van der Waals surface area (Å²) in [5, 5.41) is 9.01. The van der Waals surface area contributed by atoms with E-state index in [0.29, 0.717) is 19.4 Å². The standard InChI is InChI=1S/C26H38N4O4/c1-15-9-10-18-17(13-15)7-6-8-19(18)28-24(32)22-26(3,4)14-21-30(22)25(33)20(11-12-34-21)29-23(31)16(2)27-5/h9-10,13,16,19-22,27H,6-8,11-12,14H2,1-5H3,(H,28,32)(H,29,31)/t16-,19+,20-,21-,22+/m0/s1. The van der Waals surface area contributed by atoms with Crippen LogP contribution in [0.5, 0.6) is 0 Å². The van der Waals surface area contributed by atoms with Gasteiger partial charge >= 0.3 is 0 Å². The molecule has 1 aromatic rings. The molecule has 186 valence electrons. The number of nitrogens with one attached hydrogen (secondary N) is 3. The van der Waals surface area contributed by atoms with Gasteiger partial charge in [-0.1, -0.05) is 37.6 Å². The number of benzene rings is 1. The number of carbonyl (C=O) groups excluding carboxylic acids is 3. The van der Waals surface area contributed by atoms with Gasteiger partial charge in [0, 0.05) is 6.42 Å². The van der Waals surface area contributed by atoms with Crippen LogP contribution in [0.25, 0.3) is 0 Å². The number of aryl methyl sites for hydroxylation is 2. The summed E-state index contributed by atoms with van der Waals surface area (Å²) in [5.41, 5.74) is 3.22. The Hall–Kier alpha value is -2.45. The number of hydrogen-bond donors (Lipinski definition) is 3. The molecule has 0 radical (unpaired) electrons. The van der Waals surface area contributed by atoms with Crippen LogP contribution in [-0.2, 0) is 25.5 Å². The van der Waals surface area contributed by atoms with E-state index < -0.39 is 29.8 Å². The van der Waals surface area contributed by atoms with E-state index in [1.807, 2.05) is 13.8 Å². The van der Waals surface area contributed by atoms with Gasteiger partial charge in [-0.25, -0.2) is 0 Å². The Morgan fingerprint density at radius 3 is 2.68 bits per heavy atom. The summed E-state index contributed by atoms with van der Waals surface area (Å²) < 4.78 is 6.03. The second kappa shape index (κ2) is 9.66. The highest BCUT2D eigenvalue weighted by Crippen LogP contribution is 2.43. The van der Waals surface area contributed by atoms with Gasteiger partial charge in [-0.2, -0.15) is 0 Å². The highest BCUT2D eigenvalue weighted by molar-refractivity contribution is 5.94. The fourth-order valence-electron chi connectivity index (χ4n) is 5.62. The molecular formula is C26H38N4O4. The quantitative estimate of drug-likeness (QED) is 0.611. The molecule has 2 saturated heterocycles. The highest BCUT2D eigenvalue weighted by Gasteiger charge is 2.55. The van der Waals surface area contributed by atoms with Crippen LogP contribution in [0.3, 0.4) is 0 Å². The van der Waals surface area contributed by atoms with Crippen molar-refractivity contribution in [2.75, 3.05) is 13.7 Å². The largest absolute Gasteiger partial charge is 0.358 e. The van der Waals surface area contributed by atoms with E-state index in [9.17, 15) is 14.4 Å². The van der Waals surface area contributed by atoms with Crippen molar-refractivity contribution in [1.82, 2.24) is 20.9 Å². The Morgan fingerprint density at radius 1 is 1.18 bits per heavy atom. The van der Waals surface area contributed by atoms with E-state index >= 15 is 0 Å². The van der Waals surface area contributed by atoms with Crippen molar-refractivity contribution < 1.29 is 19.1 Å². The number of carbonyl (C=O) groups is 3. The first-order chi connectivity index (χ1) is 16.1. The molecule has 0 unspecified atom stereocenters. The third-order valence-electron chi connectivity index (χ3n) is 7.62. The maximum Gasteiger partial charge on any atom is 0.247 e. The van der Waals surface area contributed by atoms with Crippen molar-refractivity contribution in [3.8, 4) is 0 Å². The van der Waals surface area contributed by atoms with Gasteiger partial charge < -0.3 is 25.6 Å². The van der Waals surface area contributed by atoms with E-state index in [-0.39, 0.29) is 23.8 Å². The van der Waals surface area contributed by atoms with Gasteiger partial charge in [0.05, 0.1) is 18.7 Å². The van der Waals surface area contributed by atoms with Gasteiger partial charge in [0.15, 0.2) is 0 Å². The molecule has 0 bridgehead atoms. The van der Waals surface area contributed by atoms with Crippen molar-refractivity contribution in [2.24, 2.45) is 5.41 Å². The maximum absolute atomic E-state index is 13.7. The highest BCUT2D eigenvalue weighted by atomic mass is 16.5. The van der Waals surface area contributed by atoms with Crippen LogP contribution in [0.1, 0.15) is 69.2 Å². The predicted octanol–water partition coefficient (Wildman–Crippen LogP) is 1.95. The first-order valence-corrected chi connectivity index (χ1v) is 12.4. The molecular weight excluding hydrogens is 432 g/mol. The number of likely N-dealkylation sites (N-methyl/N-ethyl adjacent to an activating group) is 1. The summed E-state index contributed by atoms with van der Waals surface area (Å²) in [4.78, 5) is 41.4. The molecule has 4 rings (SSSR count). The third kappa shape index (κ3) is 4.70. The van der Waals surface area contributed by atoms with Gasteiger partial charge in [0.2, 0.25) is 17.7 Å². The summed E-state index contributed by atoms with van der Waals surface area (Å²) in [6.45, 7) is 8.20. The molecule has 1 aliphatic carbocycles. The maximum atomic E-state index is 13.7. The number of nitrogens with zero attached hydrogens (tertiary/aromatic N) is 1. The fraction of sp³-hybridized carbons (Fsp3) is 0.654. The van der Waals surface area contributed by atoms with Crippen LogP contribution in [0.15, 0.2) is 18.2 Å². The van der Waals surface area contributed by atoms with Crippen LogP contribution < -0.4 is 16.0 Å². The van der Waals surface area contributed by atoms with Crippen molar-refractivity contribution in [2.45, 2.75) is 90.2 Å². The van der Waals surface area contributed by atoms with E-state index in [1.54, 1.807) is 18.9 Å². The smallest absolute Gasteiger partial charge is 0.247 e. The van der Waals surface area contributed by atoms with Crippen LogP contribution >= 0.6 is 0 Å². The first-order valence-electron chi connectivity index (χ1n) is 12.4. The lowest BCUT2D eigenvalue weighted by Gasteiger charge is -2.35. The van der Waals surface area contributed by atoms with Crippen molar-refractivity contribution in [1.29, 1.82) is 0 Å². The summed E-state index contributed by atoms with van der Waals surface area (Å²) in [7, 11) is 1.70. The SMILES string of the molecule is CN[C@@H](C)C(=O)N[C@H]1CCO[C@H]2CC(C)(C)[C@@H](C(=O)N[C@@H]3CCCc4cc(C)ccc43)N2C1=O. The molecule has 2 fully saturated rings. The predicted molar refractivity (Wildman–Crippen MR) is 129 cm³/mol. The van der Waals surface area contributed by atoms with Gasteiger partial charge in [0.1, 0.15) is 18.3 Å². The van der Waals surface area contributed by atoms with Crippen molar-refractivity contribution >= 4 is 17.7 Å². The molecule has 3 amide bonds. The fourth-order valence-corrected chi connectivity index (χ4v) is 5.62. The summed E-state index contributed by atoms with van der Waals surface area (Å²) in [5.74, 6) is -0.643. The first kappa shape index (κ1) is 24.7. The Kier molecular flexibility index (Phi) is 7.01. The minimum atomic E-state index is -0.712. The zero-order valence-corrected chi connectivity index (χ0v) is 20.9. The minimum Gasteiger partial charge on any atom is -0.358 e. The van der Waals surface area contributed by atoms with Crippen LogP contribution in [-0.4, -0.2) is 60.6 Å². The number of fused-ring (bicyclic) bond motifs is 2. The molecule has 1 aromatic carbocycles. The number of hydrogen-bond acceptors (Lipinski definition) is 5. The molecule has 8 heteroatoms. The van der Waals surface area contributed by atoms with Crippen molar-refractivity contribution in [3.05, 3.63) is 34.9 Å². The Morgan fingerprint density at radius 2 is 1.94 bits per heavy atom. The molecule has 34 heavy (non-hydrogen) atoms. The van der Waals surface area contributed by atoms with Gasteiger partial charge in [0.25, 0.3) is 0 Å². The number of amides is 3. The second-order valence-corrected chi connectivity index (χ2v) is 10.7. The van der Waals surface area contributed by atoms with Crippen LogP contribution in [0.4, 0.5) is 0 Å². The summed E-state index contributed by atoms with van der Waals surface area (Å²) >= 11 is 0. The van der Waals surface area contributed by atoms with E-state index in [4.69, 9.17) is 4.74 Å². The molecule has 3 N–H and O–H groups in total. The molecule has 3 aliphatic rings. The second-order valence-electron chi connectivity index (χ2n) is 10.7. The van der Waals surface area contributed by atoms with Crippen molar-refractivity contribution in [3.63, 3.8) is 0 Å². The Bertz CT molecular complexity index is 962. The molecule has 0 aromatic heterocycles. The third-order valence-corrected chi connectivity index (χ3v) is 7.62.